The maximum Gasteiger partial charge on any atom is 0.255 e. The van der Waals surface area contributed by atoms with Crippen molar-refractivity contribution >= 4 is 17.3 Å². The van der Waals surface area contributed by atoms with Crippen molar-refractivity contribution in [2.24, 2.45) is 7.05 Å². The maximum atomic E-state index is 14.4. The first kappa shape index (κ1) is 25.1. The Kier molecular flexibility index (Phi) is 6.98. The first-order chi connectivity index (χ1) is 19.1. The molecule has 0 unspecified atom stereocenters. The Bertz CT molecular complexity index is 1490. The van der Waals surface area contributed by atoms with Crippen LogP contribution in [0.25, 0.3) is 11.3 Å². The van der Waals surface area contributed by atoms with E-state index in [4.69, 9.17) is 4.74 Å². The number of nitrogens with zero attached hydrogens (tertiary/aromatic N) is 6. The van der Waals surface area contributed by atoms with Crippen LogP contribution in [0.15, 0.2) is 83.9 Å². The number of rotatable bonds is 5. The van der Waals surface area contributed by atoms with Crippen molar-refractivity contribution in [2.75, 3.05) is 60.6 Å². The summed E-state index contributed by atoms with van der Waals surface area (Å²) in [6.45, 7) is 5.53. The lowest BCUT2D eigenvalue weighted by Crippen LogP contribution is -2.46. The van der Waals surface area contributed by atoms with Crippen LogP contribution in [-0.2, 0) is 11.8 Å². The number of ether oxygens (including phenoxy) is 1. The number of anilines is 3. The predicted molar refractivity (Wildman–Crippen MR) is 151 cm³/mol. The number of hydrogen-bond donors (Lipinski definition) is 0. The monoisotopic (exact) mass is 526 g/mol. The Labute approximate surface area is 226 Å². The Balaban J connectivity index is 1.15. The normalized spacial score (nSPS) is 17.9. The fourth-order valence-electron chi connectivity index (χ4n) is 5.33. The van der Waals surface area contributed by atoms with Gasteiger partial charge in [-0.05, 0) is 35.9 Å². The summed E-state index contributed by atoms with van der Waals surface area (Å²) in [5, 5.41) is 0. The smallest absolute Gasteiger partial charge is 0.255 e. The molecule has 4 heterocycles. The van der Waals surface area contributed by atoms with Crippen LogP contribution in [0.3, 0.4) is 0 Å². The zero-order valence-corrected chi connectivity index (χ0v) is 21.9. The second-order valence-corrected chi connectivity index (χ2v) is 9.90. The molecule has 2 aliphatic heterocycles. The molecule has 0 aliphatic carbocycles. The fraction of sp³-hybridized carbons (Fsp3) is 0.300. The van der Waals surface area contributed by atoms with Crippen LogP contribution in [0, 0.1) is 5.82 Å². The van der Waals surface area contributed by atoms with Gasteiger partial charge in [0.15, 0.2) is 5.82 Å². The Morgan fingerprint density at radius 2 is 1.56 bits per heavy atom. The molecule has 8 nitrogen and oxygen atoms in total. The maximum absolute atomic E-state index is 14.4. The first-order valence-corrected chi connectivity index (χ1v) is 13.3. The quantitative estimate of drug-likeness (QED) is 0.391. The van der Waals surface area contributed by atoms with Gasteiger partial charge < -0.3 is 19.4 Å². The molecule has 2 saturated heterocycles. The number of morpholine rings is 1. The number of benzene rings is 2. The minimum absolute atomic E-state index is 0.166. The van der Waals surface area contributed by atoms with Crippen LogP contribution in [0.5, 0.6) is 0 Å². The van der Waals surface area contributed by atoms with Crippen LogP contribution in [0.2, 0.25) is 0 Å². The van der Waals surface area contributed by atoms with Crippen molar-refractivity contribution in [3.63, 3.8) is 0 Å². The molecule has 0 amide bonds. The van der Waals surface area contributed by atoms with E-state index in [-0.39, 0.29) is 17.2 Å². The third-order valence-corrected chi connectivity index (χ3v) is 7.54. The van der Waals surface area contributed by atoms with E-state index in [9.17, 15) is 9.18 Å². The SMILES string of the molecule is Cn1c(N2CCO[C@@H](c3ccc(N4CCN(c5ccccc5)CC4)cc3)C2)nc(-c2ccncc2F)cc1=O. The fourth-order valence-corrected chi connectivity index (χ4v) is 5.33. The number of halogens is 1. The molecule has 9 heteroatoms. The topological polar surface area (TPSA) is 66.7 Å². The van der Waals surface area contributed by atoms with Gasteiger partial charge in [-0.2, -0.15) is 0 Å². The van der Waals surface area contributed by atoms with Crippen LogP contribution < -0.4 is 20.3 Å². The van der Waals surface area contributed by atoms with Crippen molar-refractivity contribution in [1.82, 2.24) is 14.5 Å². The molecule has 2 fully saturated rings. The molecule has 1 atom stereocenters. The molecular formula is C30H31FN6O2. The molecule has 2 aromatic heterocycles. The summed E-state index contributed by atoms with van der Waals surface area (Å²) in [6, 6.07) is 22.0. The molecule has 0 N–H and O–H groups in total. The molecule has 0 spiro atoms. The van der Waals surface area contributed by atoms with Gasteiger partial charge in [0.1, 0.15) is 6.10 Å². The van der Waals surface area contributed by atoms with Gasteiger partial charge in [0.05, 0.1) is 25.0 Å². The average Bonchev–Trinajstić information content (AvgIpc) is 2.99. The summed E-state index contributed by atoms with van der Waals surface area (Å²) in [4.78, 5) is 28.1. The third kappa shape index (κ3) is 5.22. The molecule has 0 radical (unpaired) electrons. The van der Waals surface area contributed by atoms with Gasteiger partial charge in [-0.15, -0.1) is 0 Å². The van der Waals surface area contributed by atoms with Gasteiger partial charge in [0, 0.05) is 69.0 Å². The molecule has 39 heavy (non-hydrogen) atoms. The highest BCUT2D eigenvalue weighted by molar-refractivity contribution is 5.60. The van der Waals surface area contributed by atoms with Crippen molar-refractivity contribution in [1.29, 1.82) is 0 Å². The third-order valence-electron chi connectivity index (χ3n) is 7.54. The molecular weight excluding hydrogens is 495 g/mol. The molecule has 0 bridgehead atoms. The van der Waals surface area contributed by atoms with E-state index in [1.807, 2.05) is 4.90 Å². The largest absolute Gasteiger partial charge is 0.370 e. The minimum Gasteiger partial charge on any atom is -0.370 e. The van der Waals surface area contributed by atoms with Crippen LogP contribution in [0.1, 0.15) is 11.7 Å². The summed E-state index contributed by atoms with van der Waals surface area (Å²) in [6.07, 6.45) is 2.46. The highest BCUT2D eigenvalue weighted by Gasteiger charge is 2.26. The van der Waals surface area contributed by atoms with Crippen LogP contribution in [-0.4, -0.2) is 60.4 Å². The summed E-state index contributed by atoms with van der Waals surface area (Å²) in [7, 11) is 1.69. The molecule has 0 saturated carbocycles. The van der Waals surface area contributed by atoms with E-state index in [2.05, 4.69) is 74.4 Å². The summed E-state index contributed by atoms with van der Waals surface area (Å²) in [5.41, 5.74) is 3.87. The van der Waals surface area contributed by atoms with Crippen LogP contribution in [0.4, 0.5) is 21.7 Å². The molecule has 6 rings (SSSR count). The Hall–Kier alpha value is -4.24. The Morgan fingerprint density at radius 1 is 0.872 bits per heavy atom. The predicted octanol–water partition coefficient (Wildman–Crippen LogP) is 3.89. The average molecular weight is 527 g/mol. The van der Waals surface area contributed by atoms with E-state index >= 15 is 0 Å². The Morgan fingerprint density at radius 3 is 2.26 bits per heavy atom. The van der Waals surface area contributed by atoms with Gasteiger partial charge in [-0.25, -0.2) is 9.37 Å². The van der Waals surface area contributed by atoms with E-state index in [0.29, 0.717) is 31.3 Å². The van der Waals surface area contributed by atoms with Crippen molar-refractivity contribution in [3.8, 4) is 11.3 Å². The number of hydrogen-bond acceptors (Lipinski definition) is 7. The van der Waals surface area contributed by atoms with E-state index < -0.39 is 5.82 Å². The van der Waals surface area contributed by atoms with E-state index in [0.717, 1.165) is 37.9 Å². The zero-order valence-electron chi connectivity index (χ0n) is 21.9. The lowest BCUT2D eigenvalue weighted by molar-refractivity contribution is 0.0390. The van der Waals surface area contributed by atoms with Crippen molar-refractivity contribution < 1.29 is 9.13 Å². The van der Waals surface area contributed by atoms with Gasteiger partial charge >= 0.3 is 0 Å². The number of pyridine rings is 1. The summed E-state index contributed by atoms with van der Waals surface area (Å²) in [5.74, 6) is -0.0134. The number of para-hydroxylation sites is 1. The van der Waals surface area contributed by atoms with Crippen molar-refractivity contribution in [2.45, 2.75) is 6.10 Å². The van der Waals surface area contributed by atoms with Gasteiger partial charge in [-0.3, -0.25) is 14.3 Å². The number of aromatic nitrogens is 3. The highest BCUT2D eigenvalue weighted by atomic mass is 19.1. The molecule has 2 aromatic carbocycles. The second-order valence-electron chi connectivity index (χ2n) is 9.90. The van der Waals surface area contributed by atoms with Gasteiger partial charge in [-0.1, -0.05) is 30.3 Å². The first-order valence-electron chi connectivity index (χ1n) is 13.3. The molecule has 200 valence electrons. The standard InChI is InChI=1S/C30H31FN6O2/c1-34-29(38)19-27(25-11-12-32-20-26(25)31)33-30(34)37-17-18-39-28(21-37)22-7-9-24(10-8-22)36-15-13-35(14-16-36)23-5-3-2-4-6-23/h2-12,19-20,28H,13-18,21H2,1H3/t28-/m1/s1. The molecule has 2 aliphatic rings. The second kappa shape index (κ2) is 10.9. The van der Waals surface area contributed by atoms with Gasteiger partial charge in [0.2, 0.25) is 5.95 Å². The summed E-state index contributed by atoms with van der Waals surface area (Å²) >= 11 is 0. The zero-order chi connectivity index (χ0) is 26.8. The minimum atomic E-state index is -0.509. The van der Waals surface area contributed by atoms with Crippen LogP contribution >= 0.6 is 0 Å². The van der Waals surface area contributed by atoms with Gasteiger partial charge in [0.25, 0.3) is 5.56 Å². The lowest BCUT2D eigenvalue weighted by Gasteiger charge is -2.37. The van der Waals surface area contributed by atoms with E-state index in [1.165, 1.54) is 34.3 Å². The lowest BCUT2D eigenvalue weighted by atomic mass is 10.1. The number of piperazine rings is 1. The molecule has 4 aromatic rings. The highest BCUT2D eigenvalue weighted by Crippen LogP contribution is 2.29. The summed E-state index contributed by atoms with van der Waals surface area (Å²) < 4.78 is 22.0. The van der Waals surface area contributed by atoms with Crippen molar-refractivity contribution in [3.05, 3.63) is 101 Å². The van der Waals surface area contributed by atoms with E-state index in [1.54, 1.807) is 7.05 Å².